The lowest BCUT2D eigenvalue weighted by molar-refractivity contribution is 0.251. The summed E-state index contributed by atoms with van der Waals surface area (Å²) in [6.45, 7) is 3.96. The molecule has 20 heavy (non-hydrogen) atoms. The van der Waals surface area contributed by atoms with E-state index >= 15 is 0 Å². The van der Waals surface area contributed by atoms with Gasteiger partial charge in [0.25, 0.3) is 5.76 Å². The van der Waals surface area contributed by atoms with E-state index in [9.17, 15) is 8.78 Å². The Morgan fingerprint density at radius 2 is 2.00 bits per heavy atom. The van der Waals surface area contributed by atoms with Crippen LogP contribution in [0.3, 0.4) is 0 Å². The van der Waals surface area contributed by atoms with Crippen LogP contribution in [0, 0.1) is 5.41 Å². The Balaban J connectivity index is 1.74. The number of hydrogen-bond acceptors (Lipinski definition) is 3. The summed E-state index contributed by atoms with van der Waals surface area (Å²) in [5.41, 5.74) is 0.459. The van der Waals surface area contributed by atoms with Crippen LogP contribution in [-0.4, -0.2) is 12.3 Å². The summed E-state index contributed by atoms with van der Waals surface area (Å²) in [4.78, 5) is 0. The highest BCUT2D eigenvalue weighted by Gasteiger charge is 2.31. The van der Waals surface area contributed by atoms with Crippen molar-refractivity contribution in [3.05, 3.63) is 23.7 Å². The molecule has 0 aliphatic heterocycles. The fourth-order valence-electron chi connectivity index (χ4n) is 2.97. The average molecular weight is 303 g/mol. The molecule has 0 unspecified atom stereocenters. The van der Waals surface area contributed by atoms with Gasteiger partial charge in [0.2, 0.25) is 0 Å². The van der Waals surface area contributed by atoms with Crippen LogP contribution in [0.2, 0.25) is 0 Å². The zero-order chi connectivity index (χ0) is 14.4. The van der Waals surface area contributed by atoms with Crippen molar-refractivity contribution < 1.29 is 13.2 Å². The first kappa shape index (κ1) is 15.8. The number of furan rings is 1. The molecule has 0 bridgehead atoms. The van der Waals surface area contributed by atoms with Gasteiger partial charge in [0, 0.05) is 6.54 Å². The number of rotatable bonds is 8. The predicted molar refractivity (Wildman–Crippen MR) is 78.9 cm³/mol. The van der Waals surface area contributed by atoms with Crippen molar-refractivity contribution in [2.24, 2.45) is 5.41 Å². The first-order valence-corrected chi connectivity index (χ1v) is 8.36. The molecule has 1 saturated carbocycles. The molecule has 0 radical (unpaired) electrons. The molecule has 5 heteroatoms. The van der Waals surface area contributed by atoms with E-state index in [1.807, 2.05) is 6.07 Å². The maximum atomic E-state index is 12.1. The molecule has 2 rings (SSSR count). The molecular formula is C15H23F2NOS. The van der Waals surface area contributed by atoms with Crippen molar-refractivity contribution in [3.8, 4) is 0 Å². The van der Waals surface area contributed by atoms with Crippen LogP contribution >= 0.6 is 11.8 Å². The Kier molecular flexibility index (Phi) is 5.90. The Hall–Kier alpha value is -0.550. The van der Waals surface area contributed by atoms with Crippen molar-refractivity contribution in [2.75, 3.05) is 6.54 Å². The molecule has 0 atom stereocenters. The quantitative estimate of drug-likeness (QED) is 0.747. The van der Waals surface area contributed by atoms with Crippen LogP contribution < -0.4 is 5.32 Å². The van der Waals surface area contributed by atoms with Gasteiger partial charge < -0.3 is 9.73 Å². The molecule has 0 saturated heterocycles. The molecule has 114 valence electrons. The Morgan fingerprint density at radius 3 is 2.65 bits per heavy atom. The smallest absolute Gasteiger partial charge is 0.284 e. The summed E-state index contributed by atoms with van der Waals surface area (Å²) < 4.78 is 29.7. The number of hydrogen-bond donors (Lipinski definition) is 1. The molecular weight excluding hydrogens is 280 g/mol. The number of halogens is 2. The van der Waals surface area contributed by atoms with Gasteiger partial charge in [-0.1, -0.05) is 31.5 Å². The summed E-state index contributed by atoms with van der Waals surface area (Å²) in [5, 5.41) is 3.46. The molecule has 1 heterocycles. The SMILES string of the molecule is CCC1(CNCc2ccc(CSC(F)F)o2)CCCC1. The van der Waals surface area contributed by atoms with Crippen molar-refractivity contribution >= 4 is 11.8 Å². The highest BCUT2D eigenvalue weighted by Crippen LogP contribution is 2.40. The third-order valence-corrected chi connectivity index (χ3v) is 4.99. The highest BCUT2D eigenvalue weighted by molar-refractivity contribution is 7.98. The first-order valence-electron chi connectivity index (χ1n) is 7.32. The van der Waals surface area contributed by atoms with E-state index in [0.29, 0.717) is 29.5 Å². The van der Waals surface area contributed by atoms with Gasteiger partial charge >= 0.3 is 0 Å². The van der Waals surface area contributed by atoms with Crippen molar-refractivity contribution in [3.63, 3.8) is 0 Å². The average Bonchev–Trinajstić information content (AvgIpc) is 3.06. The summed E-state index contributed by atoms with van der Waals surface area (Å²) in [6.07, 6.45) is 6.51. The zero-order valence-electron chi connectivity index (χ0n) is 12.0. The Bertz CT molecular complexity index is 402. The molecule has 1 aliphatic carbocycles. The van der Waals surface area contributed by atoms with E-state index in [1.54, 1.807) is 6.07 Å². The van der Waals surface area contributed by atoms with Crippen molar-refractivity contribution in [1.29, 1.82) is 0 Å². The van der Waals surface area contributed by atoms with Gasteiger partial charge in [0.15, 0.2) is 0 Å². The Morgan fingerprint density at radius 1 is 1.30 bits per heavy atom. The highest BCUT2D eigenvalue weighted by atomic mass is 32.2. The van der Waals surface area contributed by atoms with Crippen LogP contribution in [0.4, 0.5) is 8.78 Å². The maximum Gasteiger partial charge on any atom is 0.284 e. The van der Waals surface area contributed by atoms with Crippen LogP contribution in [0.25, 0.3) is 0 Å². The second-order valence-corrected chi connectivity index (χ2v) is 6.58. The van der Waals surface area contributed by atoms with E-state index in [2.05, 4.69) is 12.2 Å². The summed E-state index contributed by atoms with van der Waals surface area (Å²) in [6, 6.07) is 3.67. The standard InChI is InChI=1S/C15H23F2NOS/c1-2-15(7-3-4-8-15)11-18-9-12-5-6-13(19-12)10-20-14(16)17/h5-6,14,18H,2-4,7-11H2,1H3. The molecule has 1 aromatic rings. The summed E-state index contributed by atoms with van der Waals surface area (Å²) in [7, 11) is 0. The third-order valence-electron chi connectivity index (χ3n) is 4.28. The fraction of sp³-hybridized carbons (Fsp3) is 0.733. The second-order valence-electron chi connectivity index (χ2n) is 5.60. The van der Waals surface area contributed by atoms with Gasteiger partial charge in [-0.2, -0.15) is 8.78 Å². The lowest BCUT2D eigenvalue weighted by Gasteiger charge is -2.27. The molecule has 1 aromatic heterocycles. The number of nitrogens with one attached hydrogen (secondary N) is 1. The maximum absolute atomic E-state index is 12.1. The van der Waals surface area contributed by atoms with E-state index in [1.165, 1.54) is 32.1 Å². The predicted octanol–water partition coefficient (Wildman–Crippen LogP) is 4.80. The van der Waals surface area contributed by atoms with Crippen molar-refractivity contribution in [2.45, 2.75) is 57.1 Å². The van der Waals surface area contributed by atoms with Crippen LogP contribution in [0.15, 0.2) is 16.5 Å². The van der Waals surface area contributed by atoms with Gasteiger partial charge in [-0.25, -0.2) is 0 Å². The summed E-state index contributed by atoms with van der Waals surface area (Å²) >= 11 is 0.597. The minimum Gasteiger partial charge on any atom is -0.464 e. The van der Waals surface area contributed by atoms with Crippen LogP contribution in [-0.2, 0) is 12.3 Å². The number of alkyl halides is 2. The van der Waals surface area contributed by atoms with Gasteiger partial charge in [-0.3, -0.25) is 0 Å². The number of thioether (sulfide) groups is 1. The van der Waals surface area contributed by atoms with E-state index < -0.39 is 5.76 Å². The lowest BCUT2D eigenvalue weighted by atomic mass is 9.83. The minimum atomic E-state index is -2.34. The molecule has 1 N–H and O–H groups in total. The van der Waals surface area contributed by atoms with Gasteiger partial charge in [-0.15, -0.1) is 0 Å². The molecule has 0 aromatic carbocycles. The molecule has 1 aliphatic rings. The van der Waals surface area contributed by atoms with E-state index in [-0.39, 0.29) is 5.75 Å². The van der Waals surface area contributed by atoms with E-state index in [4.69, 9.17) is 4.42 Å². The van der Waals surface area contributed by atoms with Gasteiger partial charge in [0.1, 0.15) is 11.5 Å². The van der Waals surface area contributed by atoms with Gasteiger partial charge in [-0.05, 0) is 36.8 Å². The van der Waals surface area contributed by atoms with Crippen molar-refractivity contribution in [1.82, 2.24) is 5.32 Å². The third kappa shape index (κ3) is 4.48. The minimum absolute atomic E-state index is 0.233. The molecule has 2 nitrogen and oxygen atoms in total. The van der Waals surface area contributed by atoms with Crippen LogP contribution in [0.5, 0.6) is 0 Å². The topological polar surface area (TPSA) is 25.2 Å². The summed E-state index contributed by atoms with van der Waals surface area (Å²) in [5.74, 6) is -0.651. The fourth-order valence-corrected chi connectivity index (χ4v) is 3.42. The normalized spacial score (nSPS) is 18.0. The zero-order valence-corrected chi connectivity index (χ0v) is 12.8. The molecule has 0 spiro atoms. The van der Waals surface area contributed by atoms with Crippen LogP contribution in [0.1, 0.15) is 50.5 Å². The van der Waals surface area contributed by atoms with Gasteiger partial charge in [0.05, 0.1) is 12.3 Å². The Labute approximate surface area is 123 Å². The molecule has 1 fully saturated rings. The molecule has 0 amide bonds. The second kappa shape index (κ2) is 7.46. The van der Waals surface area contributed by atoms with E-state index in [0.717, 1.165) is 12.3 Å². The monoisotopic (exact) mass is 303 g/mol. The largest absolute Gasteiger partial charge is 0.464 e. The lowest BCUT2D eigenvalue weighted by Crippen LogP contribution is -2.31. The first-order chi connectivity index (χ1) is 9.63.